The third-order valence-electron chi connectivity index (χ3n) is 1.85. The van der Waals surface area contributed by atoms with Gasteiger partial charge in [-0.15, -0.1) is 0 Å². The quantitative estimate of drug-likeness (QED) is 0.479. The summed E-state index contributed by atoms with van der Waals surface area (Å²) in [6.45, 7) is -0.311. The molecule has 1 aromatic heterocycles. The van der Waals surface area contributed by atoms with Crippen molar-refractivity contribution in [2.45, 2.75) is 0 Å². The third kappa shape index (κ3) is 4.66. The standard InChI is InChI=1S/C10H12N2O6/c13-7-3-6(4-8(14)12-7)10(17)11-1-2-18-5-9(15)16/h3-4H,1-2,5H2,(H,11,17)(H,15,16)(H2,12,13,14). The van der Waals surface area contributed by atoms with Crippen molar-refractivity contribution in [2.24, 2.45) is 0 Å². The van der Waals surface area contributed by atoms with E-state index in [1.165, 1.54) is 0 Å². The van der Waals surface area contributed by atoms with Gasteiger partial charge in [0.1, 0.15) is 6.61 Å². The maximum Gasteiger partial charge on any atom is 0.329 e. The predicted octanol–water partition coefficient (Wildman–Crippen LogP) is -1.09. The number of H-pyrrole nitrogens is 1. The van der Waals surface area contributed by atoms with E-state index in [9.17, 15) is 14.4 Å². The Kier molecular flexibility index (Phi) is 4.88. The first-order valence-corrected chi connectivity index (χ1v) is 5.00. The summed E-state index contributed by atoms with van der Waals surface area (Å²) in [5, 5.41) is 19.8. The summed E-state index contributed by atoms with van der Waals surface area (Å²) in [7, 11) is 0. The van der Waals surface area contributed by atoms with Crippen molar-refractivity contribution >= 4 is 11.9 Å². The smallest absolute Gasteiger partial charge is 0.329 e. The Balaban J connectivity index is 2.41. The summed E-state index contributed by atoms with van der Waals surface area (Å²) in [6.07, 6.45) is 0. The summed E-state index contributed by atoms with van der Waals surface area (Å²) in [5.74, 6) is -2.06. The fraction of sp³-hybridized carbons (Fsp3) is 0.300. The van der Waals surface area contributed by atoms with Crippen LogP contribution in [-0.4, -0.2) is 46.8 Å². The van der Waals surface area contributed by atoms with Crippen LogP contribution in [0.5, 0.6) is 5.88 Å². The number of rotatable bonds is 6. The number of aliphatic carboxylic acids is 1. The van der Waals surface area contributed by atoms with Crippen LogP contribution in [0.4, 0.5) is 0 Å². The van der Waals surface area contributed by atoms with Crippen LogP contribution >= 0.6 is 0 Å². The number of nitrogens with one attached hydrogen (secondary N) is 2. The molecule has 0 bridgehead atoms. The average molecular weight is 256 g/mol. The first-order valence-electron chi connectivity index (χ1n) is 5.00. The van der Waals surface area contributed by atoms with Gasteiger partial charge < -0.3 is 20.3 Å². The number of aromatic nitrogens is 1. The van der Waals surface area contributed by atoms with Crippen LogP contribution < -0.4 is 10.9 Å². The van der Waals surface area contributed by atoms with Gasteiger partial charge in [0.2, 0.25) is 0 Å². The first kappa shape index (κ1) is 13.7. The number of carboxylic acids is 1. The first-order chi connectivity index (χ1) is 8.49. The normalized spacial score (nSPS) is 10.0. The summed E-state index contributed by atoms with van der Waals surface area (Å²) in [5.41, 5.74) is -0.586. The molecule has 1 rings (SSSR count). The molecule has 0 radical (unpaired) electrons. The molecule has 0 aliphatic rings. The van der Waals surface area contributed by atoms with Gasteiger partial charge in [-0.3, -0.25) is 14.6 Å². The fourth-order valence-corrected chi connectivity index (χ4v) is 1.16. The van der Waals surface area contributed by atoms with Gasteiger partial charge in [-0.05, 0) is 0 Å². The van der Waals surface area contributed by atoms with E-state index in [4.69, 9.17) is 14.9 Å². The molecular weight excluding hydrogens is 244 g/mol. The number of aromatic amines is 1. The molecule has 18 heavy (non-hydrogen) atoms. The number of pyridine rings is 1. The number of amides is 1. The van der Waals surface area contributed by atoms with Crippen LogP contribution in [0.2, 0.25) is 0 Å². The minimum atomic E-state index is -1.10. The molecule has 0 fully saturated rings. The number of aromatic hydroxyl groups is 1. The molecule has 98 valence electrons. The van der Waals surface area contributed by atoms with Crippen molar-refractivity contribution in [3.63, 3.8) is 0 Å². The Morgan fingerprint density at radius 3 is 2.72 bits per heavy atom. The number of carbonyl (C=O) groups is 2. The van der Waals surface area contributed by atoms with Crippen LogP contribution in [0.1, 0.15) is 10.4 Å². The van der Waals surface area contributed by atoms with Gasteiger partial charge in [-0.25, -0.2) is 4.79 Å². The Morgan fingerprint density at radius 2 is 2.11 bits per heavy atom. The second kappa shape index (κ2) is 6.40. The zero-order valence-electron chi connectivity index (χ0n) is 9.30. The number of carbonyl (C=O) groups excluding carboxylic acids is 1. The number of ether oxygens (including phenoxy) is 1. The van der Waals surface area contributed by atoms with Crippen LogP contribution in [-0.2, 0) is 9.53 Å². The molecule has 0 aliphatic carbocycles. The summed E-state index contributed by atoms with van der Waals surface area (Å²) in [4.78, 5) is 34.7. The molecule has 0 atom stereocenters. The Morgan fingerprint density at radius 1 is 1.39 bits per heavy atom. The zero-order chi connectivity index (χ0) is 13.5. The van der Waals surface area contributed by atoms with Gasteiger partial charge in [0.05, 0.1) is 12.2 Å². The number of carboxylic acid groups (broad SMARTS) is 1. The highest BCUT2D eigenvalue weighted by Gasteiger charge is 2.07. The lowest BCUT2D eigenvalue weighted by molar-refractivity contribution is -0.142. The minimum absolute atomic E-state index is 0.00878. The predicted molar refractivity (Wildman–Crippen MR) is 59.5 cm³/mol. The largest absolute Gasteiger partial charge is 0.494 e. The molecule has 8 heteroatoms. The highest BCUT2D eigenvalue weighted by molar-refractivity contribution is 5.94. The van der Waals surface area contributed by atoms with E-state index in [1.807, 2.05) is 0 Å². The molecule has 1 heterocycles. The molecule has 1 aromatic rings. The van der Waals surface area contributed by atoms with Gasteiger partial charge in [-0.2, -0.15) is 0 Å². The van der Waals surface area contributed by atoms with Gasteiger partial charge in [0.25, 0.3) is 11.5 Å². The highest BCUT2D eigenvalue weighted by atomic mass is 16.5. The minimum Gasteiger partial charge on any atom is -0.494 e. The van der Waals surface area contributed by atoms with Gasteiger partial charge >= 0.3 is 5.97 Å². The van der Waals surface area contributed by atoms with Gasteiger partial charge in [0.15, 0.2) is 5.88 Å². The zero-order valence-corrected chi connectivity index (χ0v) is 9.30. The van der Waals surface area contributed by atoms with Crippen LogP contribution in [0.15, 0.2) is 16.9 Å². The molecule has 1 amide bonds. The van der Waals surface area contributed by atoms with Crippen molar-refractivity contribution in [2.75, 3.05) is 19.8 Å². The average Bonchev–Trinajstić information content (AvgIpc) is 2.26. The highest BCUT2D eigenvalue weighted by Crippen LogP contribution is 2.03. The third-order valence-corrected chi connectivity index (χ3v) is 1.85. The van der Waals surface area contributed by atoms with Crippen LogP contribution in [0.3, 0.4) is 0 Å². The van der Waals surface area contributed by atoms with Crippen LogP contribution in [0.25, 0.3) is 0 Å². The van der Waals surface area contributed by atoms with Crippen LogP contribution in [0, 0.1) is 0 Å². The fourth-order valence-electron chi connectivity index (χ4n) is 1.16. The van der Waals surface area contributed by atoms with Gasteiger partial charge in [0, 0.05) is 18.7 Å². The lowest BCUT2D eigenvalue weighted by atomic mass is 10.2. The molecule has 0 aliphatic heterocycles. The van der Waals surface area contributed by atoms with Gasteiger partial charge in [-0.1, -0.05) is 0 Å². The number of hydrogen-bond donors (Lipinski definition) is 4. The van der Waals surface area contributed by atoms with E-state index >= 15 is 0 Å². The Labute approximate surface area is 101 Å². The van der Waals surface area contributed by atoms with E-state index < -0.39 is 29.9 Å². The van der Waals surface area contributed by atoms with E-state index in [0.717, 1.165) is 12.1 Å². The van der Waals surface area contributed by atoms with Crippen molar-refractivity contribution in [1.82, 2.24) is 10.3 Å². The Bertz CT molecular complexity index is 495. The van der Waals surface area contributed by atoms with Crippen molar-refractivity contribution < 1.29 is 24.5 Å². The molecule has 0 saturated carbocycles. The molecule has 4 N–H and O–H groups in total. The maximum absolute atomic E-state index is 11.5. The summed E-state index contributed by atoms with van der Waals surface area (Å²) < 4.78 is 4.70. The molecular formula is C10H12N2O6. The van der Waals surface area contributed by atoms with Crippen molar-refractivity contribution in [3.8, 4) is 5.88 Å². The van der Waals surface area contributed by atoms with E-state index in [-0.39, 0.29) is 18.7 Å². The lowest BCUT2D eigenvalue weighted by Gasteiger charge is -2.05. The monoisotopic (exact) mass is 256 g/mol. The van der Waals surface area contributed by atoms with Crippen molar-refractivity contribution in [3.05, 3.63) is 28.0 Å². The second-order valence-electron chi connectivity index (χ2n) is 3.32. The molecule has 0 aromatic carbocycles. The summed E-state index contributed by atoms with van der Waals surface area (Å²) >= 11 is 0. The summed E-state index contributed by atoms with van der Waals surface area (Å²) in [6, 6.07) is 2.14. The molecule has 0 spiro atoms. The second-order valence-corrected chi connectivity index (χ2v) is 3.32. The maximum atomic E-state index is 11.5. The molecule has 0 saturated heterocycles. The van der Waals surface area contributed by atoms with E-state index in [1.54, 1.807) is 0 Å². The molecule has 8 nitrogen and oxygen atoms in total. The molecule has 0 unspecified atom stereocenters. The van der Waals surface area contributed by atoms with Crippen molar-refractivity contribution in [1.29, 1.82) is 0 Å². The SMILES string of the molecule is O=C(O)COCCNC(=O)c1cc(O)[nH]c(=O)c1. The topological polar surface area (TPSA) is 129 Å². The Hall–Kier alpha value is -2.35. The van der Waals surface area contributed by atoms with E-state index in [2.05, 4.69) is 10.3 Å². The lowest BCUT2D eigenvalue weighted by Crippen LogP contribution is -2.28. The van der Waals surface area contributed by atoms with E-state index in [0.29, 0.717) is 0 Å². The number of hydrogen-bond acceptors (Lipinski definition) is 5.